The molecule has 4 aliphatic rings. The first-order chi connectivity index (χ1) is 21.1. The molecule has 1 N–H and O–H groups in total. The number of benzene rings is 3. The van der Waals surface area contributed by atoms with Crippen LogP contribution in [0.1, 0.15) is 50.7 Å². The number of hydrogen-bond donors (Lipinski definition) is 1. The van der Waals surface area contributed by atoms with Crippen molar-refractivity contribution in [1.29, 1.82) is 0 Å². The number of unbranched alkanes of at least 4 members (excludes halogenated alkanes) is 1. The molecule has 7 nitrogen and oxygen atoms in total. The zero-order valence-electron chi connectivity index (χ0n) is 26.0. The second-order valence-electron chi connectivity index (χ2n) is 13.2. The van der Waals surface area contributed by atoms with Gasteiger partial charge in [0.15, 0.2) is 9.84 Å². The SMILES string of the molecule is CCCC[C@@]1(CC)CN(c2ccc(OCc3ccc(C[N+]45CCN(CC4)CC5)cc3)cc2)c2cc(Cl)c(O)cc2S(=O)(=O)C1. The number of phenols is 1. The molecule has 9 heteroatoms. The summed E-state index contributed by atoms with van der Waals surface area (Å²) in [6.07, 6.45) is 3.48. The van der Waals surface area contributed by atoms with Gasteiger partial charge in [-0.1, -0.05) is 62.6 Å². The van der Waals surface area contributed by atoms with Crippen molar-refractivity contribution in [3.63, 3.8) is 0 Å². The maximum atomic E-state index is 13.7. The van der Waals surface area contributed by atoms with Crippen molar-refractivity contribution in [3.05, 3.63) is 76.8 Å². The van der Waals surface area contributed by atoms with Crippen molar-refractivity contribution in [2.75, 3.05) is 56.5 Å². The van der Waals surface area contributed by atoms with Crippen LogP contribution in [-0.4, -0.2) is 74.5 Å². The number of nitrogens with zero attached hydrogens (tertiary/aromatic N) is 3. The minimum atomic E-state index is -3.66. The van der Waals surface area contributed by atoms with Crippen LogP contribution in [0.2, 0.25) is 5.02 Å². The third-order valence-electron chi connectivity index (χ3n) is 10.2. The minimum absolute atomic E-state index is 0.0413. The van der Waals surface area contributed by atoms with Crippen molar-refractivity contribution in [2.45, 2.75) is 57.6 Å². The van der Waals surface area contributed by atoms with E-state index < -0.39 is 15.3 Å². The topological polar surface area (TPSA) is 70.1 Å². The molecule has 0 unspecified atom stereocenters. The molecule has 4 aliphatic heterocycles. The zero-order chi connectivity index (χ0) is 31.0. The van der Waals surface area contributed by atoms with Crippen LogP contribution < -0.4 is 9.64 Å². The fraction of sp³-hybridized carbons (Fsp3) is 0.486. The number of halogens is 1. The molecule has 3 aromatic carbocycles. The number of piperazine rings is 3. The van der Waals surface area contributed by atoms with E-state index in [1.54, 1.807) is 6.07 Å². The molecule has 0 aromatic heterocycles. The Morgan fingerprint density at radius 2 is 1.61 bits per heavy atom. The van der Waals surface area contributed by atoms with Crippen molar-refractivity contribution in [3.8, 4) is 11.5 Å². The predicted octanol–water partition coefficient (Wildman–Crippen LogP) is 6.78. The minimum Gasteiger partial charge on any atom is -0.506 e. The molecular weight excluding hydrogens is 594 g/mol. The maximum absolute atomic E-state index is 13.7. The fourth-order valence-corrected chi connectivity index (χ4v) is 9.59. The molecule has 2 bridgehead atoms. The van der Waals surface area contributed by atoms with Crippen molar-refractivity contribution >= 4 is 32.8 Å². The molecule has 0 saturated carbocycles. The largest absolute Gasteiger partial charge is 0.506 e. The van der Waals surface area contributed by atoms with Gasteiger partial charge in [0.2, 0.25) is 0 Å². The molecule has 3 saturated heterocycles. The first-order valence-electron chi connectivity index (χ1n) is 16.0. The number of rotatable bonds is 10. The maximum Gasteiger partial charge on any atom is 0.181 e. The second-order valence-corrected chi connectivity index (χ2v) is 15.6. The molecule has 0 spiro atoms. The molecular formula is C35H45ClN3O4S+. The lowest BCUT2D eigenvalue weighted by Gasteiger charge is -2.50. The molecule has 1 atom stereocenters. The Labute approximate surface area is 267 Å². The standard InChI is InChI=1S/C35H44ClN3O4S/c1-3-5-14-35(4-2)25-38(32-21-31(36)33(40)22-34(32)44(41,42)26-35)29-10-12-30(13-11-29)43-24-28-8-6-27(7-9-28)23-39-18-15-37(16-19-39)17-20-39/h6-13,21-22H,3-5,14-20,23-26H2,1-2H3/p+1/t35-/m0/s1. The van der Waals surface area contributed by atoms with Crippen LogP contribution in [-0.2, 0) is 23.0 Å². The lowest BCUT2D eigenvalue weighted by molar-refractivity contribution is -0.953. The van der Waals surface area contributed by atoms with E-state index in [1.165, 1.54) is 55.4 Å². The molecule has 7 rings (SSSR count). The number of hydrogen-bond acceptors (Lipinski definition) is 6. The van der Waals surface area contributed by atoms with E-state index in [-0.39, 0.29) is 21.4 Å². The summed E-state index contributed by atoms with van der Waals surface area (Å²) in [5.41, 5.74) is 3.46. The first kappa shape index (κ1) is 31.2. The Hall–Kier alpha value is -2.78. The van der Waals surface area contributed by atoms with Gasteiger partial charge in [-0.2, -0.15) is 0 Å². The monoisotopic (exact) mass is 638 g/mol. The van der Waals surface area contributed by atoms with E-state index in [4.69, 9.17) is 16.3 Å². The summed E-state index contributed by atoms with van der Waals surface area (Å²) in [5, 5.41) is 10.5. The number of ether oxygens (including phenoxy) is 1. The van der Waals surface area contributed by atoms with Gasteiger partial charge >= 0.3 is 0 Å². The molecule has 236 valence electrons. The van der Waals surface area contributed by atoms with Gasteiger partial charge in [-0.25, -0.2) is 8.42 Å². The van der Waals surface area contributed by atoms with Crippen molar-refractivity contribution in [1.82, 2.24) is 4.90 Å². The first-order valence-corrected chi connectivity index (χ1v) is 18.1. The second kappa shape index (κ2) is 12.5. The van der Waals surface area contributed by atoms with Gasteiger partial charge in [-0.3, -0.25) is 4.90 Å². The van der Waals surface area contributed by atoms with Gasteiger partial charge in [0.05, 0.1) is 41.0 Å². The van der Waals surface area contributed by atoms with Gasteiger partial charge in [0.25, 0.3) is 0 Å². The Bertz CT molecular complexity index is 1560. The lowest BCUT2D eigenvalue weighted by atomic mass is 9.81. The van der Waals surface area contributed by atoms with Gasteiger partial charge in [-0.15, -0.1) is 0 Å². The van der Waals surface area contributed by atoms with Gasteiger partial charge in [0.1, 0.15) is 24.7 Å². The summed E-state index contributed by atoms with van der Waals surface area (Å²) < 4.78 is 34.8. The van der Waals surface area contributed by atoms with Crippen LogP contribution in [0, 0.1) is 5.41 Å². The number of quaternary nitrogens is 1. The van der Waals surface area contributed by atoms with Crippen LogP contribution in [0.3, 0.4) is 0 Å². The highest BCUT2D eigenvalue weighted by Gasteiger charge is 2.42. The summed E-state index contributed by atoms with van der Waals surface area (Å²) >= 11 is 6.34. The molecule has 0 amide bonds. The van der Waals surface area contributed by atoms with Crippen LogP contribution in [0.4, 0.5) is 11.4 Å². The van der Waals surface area contributed by atoms with Gasteiger partial charge < -0.3 is 19.2 Å². The summed E-state index contributed by atoms with van der Waals surface area (Å²) in [6, 6.07) is 19.6. The molecule has 0 radical (unpaired) electrons. The van der Waals surface area contributed by atoms with Gasteiger partial charge in [0, 0.05) is 48.9 Å². The average Bonchev–Trinajstić information content (AvgIpc) is 3.13. The summed E-state index contributed by atoms with van der Waals surface area (Å²) in [5.74, 6) is 0.572. The van der Waals surface area contributed by atoms with Gasteiger partial charge in [-0.05, 0) is 48.7 Å². The van der Waals surface area contributed by atoms with Crippen LogP contribution in [0.5, 0.6) is 11.5 Å². The molecule has 3 aromatic rings. The highest BCUT2D eigenvalue weighted by molar-refractivity contribution is 7.91. The van der Waals surface area contributed by atoms with Crippen molar-refractivity contribution in [2.24, 2.45) is 5.41 Å². The number of fused-ring (bicyclic) bond motifs is 4. The summed E-state index contributed by atoms with van der Waals surface area (Å²) in [6.45, 7) is 13.8. The highest BCUT2D eigenvalue weighted by atomic mass is 35.5. The number of anilines is 2. The van der Waals surface area contributed by atoms with Crippen LogP contribution in [0.15, 0.2) is 65.6 Å². The zero-order valence-corrected chi connectivity index (χ0v) is 27.5. The van der Waals surface area contributed by atoms with E-state index >= 15 is 0 Å². The predicted molar refractivity (Wildman–Crippen MR) is 177 cm³/mol. The number of phenolic OH excluding ortho intramolecular Hbond substituents is 1. The normalized spacial score (nSPS) is 25.8. The van der Waals surface area contributed by atoms with Crippen LogP contribution >= 0.6 is 11.6 Å². The fourth-order valence-electron chi connectivity index (χ4n) is 7.25. The molecule has 4 heterocycles. The Kier molecular flexibility index (Phi) is 8.90. The van der Waals surface area contributed by atoms with E-state index in [0.29, 0.717) is 18.8 Å². The summed E-state index contributed by atoms with van der Waals surface area (Å²) in [4.78, 5) is 4.76. The Balaban J connectivity index is 1.18. The Morgan fingerprint density at radius 3 is 2.25 bits per heavy atom. The van der Waals surface area contributed by atoms with Crippen molar-refractivity contribution < 1.29 is 22.7 Å². The molecule has 3 fully saturated rings. The van der Waals surface area contributed by atoms with E-state index in [0.717, 1.165) is 49.2 Å². The number of aromatic hydroxyl groups is 1. The van der Waals surface area contributed by atoms with E-state index in [1.807, 2.05) is 24.3 Å². The van der Waals surface area contributed by atoms with E-state index in [2.05, 4.69) is 47.9 Å². The summed E-state index contributed by atoms with van der Waals surface area (Å²) in [7, 11) is -3.66. The van der Waals surface area contributed by atoms with Crippen LogP contribution in [0.25, 0.3) is 0 Å². The molecule has 44 heavy (non-hydrogen) atoms. The quantitative estimate of drug-likeness (QED) is 0.247. The smallest absolute Gasteiger partial charge is 0.181 e. The highest BCUT2D eigenvalue weighted by Crippen LogP contribution is 2.46. The van der Waals surface area contributed by atoms with E-state index in [9.17, 15) is 13.5 Å². The average molecular weight is 639 g/mol. The number of sulfone groups is 1. The third-order valence-corrected chi connectivity index (χ3v) is 12.5. The lowest BCUT2D eigenvalue weighted by Crippen LogP contribution is -2.66. The molecule has 0 aliphatic carbocycles. The third kappa shape index (κ3) is 6.45. The Morgan fingerprint density at radius 1 is 0.955 bits per heavy atom.